The normalized spacial score (nSPS) is 11.7. The average Bonchev–Trinajstić information content (AvgIpc) is 3.31. The standard InChI is InChI=1S/C19H18N4O2S/c1-3-9-16(18(24)20-14-10-6-5-7-11-14)26-19-22-21-17(23(19)4-2)15-12-8-13-25-15/h3-8,10-13,16H,1-2,9H2,(H,20,24). The molecule has 1 aromatic carbocycles. The molecule has 7 heteroatoms. The summed E-state index contributed by atoms with van der Waals surface area (Å²) in [5.74, 6) is 0.992. The first-order chi connectivity index (χ1) is 12.7. The van der Waals surface area contributed by atoms with Gasteiger partial charge in [0.25, 0.3) is 0 Å². The maximum atomic E-state index is 12.7. The third-order valence-electron chi connectivity index (χ3n) is 3.55. The van der Waals surface area contributed by atoms with Crippen LogP contribution in [-0.2, 0) is 4.79 Å². The molecule has 26 heavy (non-hydrogen) atoms. The summed E-state index contributed by atoms with van der Waals surface area (Å²) in [5, 5.41) is 11.4. The van der Waals surface area contributed by atoms with Crippen molar-refractivity contribution >= 4 is 29.6 Å². The number of rotatable bonds is 8. The van der Waals surface area contributed by atoms with Crippen molar-refractivity contribution in [3.8, 4) is 11.6 Å². The van der Waals surface area contributed by atoms with Crippen molar-refractivity contribution in [1.29, 1.82) is 0 Å². The molecule has 6 nitrogen and oxygen atoms in total. The van der Waals surface area contributed by atoms with Crippen molar-refractivity contribution in [3.63, 3.8) is 0 Å². The summed E-state index contributed by atoms with van der Waals surface area (Å²) < 4.78 is 7.08. The van der Waals surface area contributed by atoms with Gasteiger partial charge in [-0.05, 0) is 30.7 Å². The zero-order chi connectivity index (χ0) is 18.4. The van der Waals surface area contributed by atoms with Gasteiger partial charge >= 0.3 is 0 Å². The summed E-state index contributed by atoms with van der Waals surface area (Å²) in [6.07, 6.45) is 5.37. The minimum atomic E-state index is -0.403. The number of hydrogen-bond donors (Lipinski definition) is 1. The van der Waals surface area contributed by atoms with E-state index in [4.69, 9.17) is 4.42 Å². The molecule has 2 aromatic heterocycles. The van der Waals surface area contributed by atoms with Gasteiger partial charge in [0.05, 0.1) is 11.5 Å². The Morgan fingerprint density at radius 1 is 1.23 bits per heavy atom. The molecular formula is C19H18N4O2S. The van der Waals surface area contributed by atoms with Crippen LogP contribution in [-0.4, -0.2) is 25.9 Å². The molecule has 3 rings (SSSR count). The second-order valence-electron chi connectivity index (χ2n) is 5.32. The van der Waals surface area contributed by atoms with Crippen LogP contribution in [0, 0.1) is 0 Å². The number of benzene rings is 1. The predicted octanol–water partition coefficient (Wildman–Crippen LogP) is 4.31. The van der Waals surface area contributed by atoms with Gasteiger partial charge in [-0.15, -0.1) is 16.8 Å². The Hall–Kier alpha value is -3.06. The number of carbonyl (C=O) groups excluding carboxylic acids is 1. The van der Waals surface area contributed by atoms with Gasteiger partial charge in [-0.1, -0.05) is 42.6 Å². The SMILES string of the molecule is C=CCC(Sc1nnc(-c2ccco2)n1C=C)C(=O)Nc1ccccc1. The molecule has 1 unspecified atom stereocenters. The Balaban J connectivity index is 1.81. The molecule has 0 spiro atoms. The molecular weight excluding hydrogens is 348 g/mol. The lowest BCUT2D eigenvalue weighted by atomic mass is 10.2. The number of aromatic nitrogens is 3. The van der Waals surface area contributed by atoms with Gasteiger partial charge in [-0.3, -0.25) is 9.36 Å². The van der Waals surface area contributed by atoms with Crippen molar-refractivity contribution in [3.05, 3.63) is 68.0 Å². The van der Waals surface area contributed by atoms with Crippen LogP contribution in [0.3, 0.4) is 0 Å². The van der Waals surface area contributed by atoms with E-state index in [1.54, 1.807) is 35.2 Å². The smallest absolute Gasteiger partial charge is 0.238 e. The lowest BCUT2D eigenvalue weighted by molar-refractivity contribution is -0.115. The Labute approximate surface area is 155 Å². The van der Waals surface area contributed by atoms with E-state index in [9.17, 15) is 4.79 Å². The minimum Gasteiger partial charge on any atom is -0.461 e. The molecule has 1 amide bonds. The number of nitrogens with zero attached hydrogens (tertiary/aromatic N) is 3. The average molecular weight is 366 g/mol. The Morgan fingerprint density at radius 3 is 2.69 bits per heavy atom. The van der Waals surface area contributed by atoms with Crippen LogP contribution in [0.1, 0.15) is 6.42 Å². The first-order valence-corrected chi connectivity index (χ1v) is 8.85. The van der Waals surface area contributed by atoms with Gasteiger partial charge in [-0.2, -0.15) is 0 Å². The van der Waals surface area contributed by atoms with Gasteiger partial charge in [0.1, 0.15) is 0 Å². The largest absolute Gasteiger partial charge is 0.461 e. The quantitative estimate of drug-likeness (QED) is 0.475. The summed E-state index contributed by atoms with van der Waals surface area (Å²) >= 11 is 1.30. The highest BCUT2D eigenvalue weighted by molar-refractivity contribution is 8.00. The second-order valence-corrected chi connectivity index (χ2v) is 6.49. The van der Waals surface area contributed by atoms with Crippen molar-refractivity contribution < 1.29 is 9.21 Å². The Morgan fingerprint density at radius 2 is 2.04 bits per heavy atom. The first kappa shape index (κ1) is 17.8. The second kappa shape index (κ2) is 8.35. The minimum absolute atomic E-state index is 0.126. The van der Waals surface area contributed by atoms with E-state index in [1.165, 1.54) is 11.8 Å². The summed E-state index contributed by atoms with van der Waals surface area (Å²) in [7, 11) is 0. The van der Waals surface area contributed by atoms with Crippen LogP contribution in [0.15, 0.2) is 77.5 Å². The van der Waals surface area contributed by atoms with E-state index >= 15 is 0 Å². The fraction of sp³-hybridized carbons (Fsp3) is 0.105. The van der Waals surface area contributed by atoms with Gasteiger partial charge in [0.15, 0.2) is 10.9 Å². The first-order valence-electron chi connectivity index (χ1n) is 7.97. The molecule has 0 aliphatic carbocycles. The van der Waals surface area contributed by atoms with Gasteiger partial charge in [0.2, 0.25) is 11.7 Å². The predicted molar refractivity (Wildman–Crippen MR) is 104 cm³/mol. The number of carbonyl (C=O) groups is 1. The fourth-order valence-corrected chi connectivity index (χ4v) is 3.34. The van der Waals surface area contributed by atoms with Gasteiger partial charge < -0.3 is 9.73 Å². The van der Waals surface area contributed by atoms with E-state index in [0.717, 1.165) is 5.69 Å². The van der Waals surface area contributed by atoms with Crippen LogP contribution in [0.2, 0.25) is 0 Å². The zero-order valence-corrected chi connectivity index (χ0v) is 14.9. The molecule has 0 fully saturated rings. The lowest BCUT2D eigenvalue weighted by Crippen LogP contribution is -2.25. The van der Waals surface area contributed by atoms with Crippen LogP contribution in [0.5, 0.6) is 0 Å². The molecule has 0 radical (unpaired) electrons. The Bertz CT molecular complexity index is 888. The van der Waals surface area contributed by atoms with E-state index < -0.39 is 5.25 Å². The summed E-state index contributed by atoms with van der Waals surface area (Å²) in [5.41, 5.74) is 0.744. The molecule has 0 saturated heterocycles. The number of anilines is 1. The monoisotopic (exact) mass is 366 g/mol. The van der Waals surface area contributed by atoms with Gasteiger partial charge in [0, 0.05) is 11.9 Å². The molecule has 2 heterocycles. The number of thioether (sulfide) groups is 1. The number of furan rings is 1. The third kappa shape index (κ3) is 3.94. The summed E-state index contributed by atoms with van der Waals surface area (Å²) in [4.78, 5) is 12.7. The van der Waals surface area contributed by atoms with E-state index in [2.05, 4.69) is 28.7 Å². The fourth-order valence-electron chi connectivity index (χ4n) is 2.33. The molecule has 1 atom stereocenters. The van der Waals surface area contributed by atoms with E-state index in [0.29, 0.717) is 23.2 Å². The van der Waals surface area contributed by atoms with Crippen LogP contribution < -0.4 is 5.32 Å². The van der Waals surface area contributed by atoms with Gasteiger partial charge in [-0.25, -0.2) is 0 Å². The number of nitrogens with one attached hydrogen (secondary N) is 1. The van der Waals surface area contributed by atoms with Crippen molar-refractivity contribution in [2.45, 2.75) is 16.8 Å². The maximum Gasteiger partial charge on any atom is 0.238 e. The molecule has 1 N–H and O–H groups in total. The highest BCUT2D eigenvalue weighted by Crippen LogP contribution is 2.29. The molecule has 0 bridgehead atoms. The van der Waals surface area contributed by atoms with Crippen molar-refractivity contribution in [1.82, 2.24) is 14.8 Å². The van der Waals surface area contributed by atoms with E-state index in [-0.39, 0.29) is 5.91 Å². The molecule has 132 valence electrons. The van der Waals surface area contributed by atoms with Crippen LogP contribution in [0.25, 0.3) is 17.8 Å². The molecule has 3 aromatic rings. The van der Waals surface area contributed by atoms with Crippen LogP contribution >= 0.6 is 11.8 Å². The highest BCUT2D eigenvalue weighted by atomic mass is 32.2. The topological polar surface area (TPSA) is 73.0 Å². The summed E-state index contributed by atoms with van der Waals surface area (Å²) in [6, 6.07) is 12.9. The number of amides is 1. The zero-order valence-electron chi connectivity index (χ0n) is 14.0. The van der Waals surface area contributed by atoms with E-state index in [1.807, 2.05) is 30.3 Å². The van der Waals surface area contributed by atoms with Crippen LogP contribution in [0.4, 0.5) is 5.69 Å². The number of hydrogen-bond acceptors (Lipinski definition) is 5. The van der Waals surface area contributed by atoms with Crippen molar-refractivity contribution in [2.75, 3.05) is 5.32 Å². The molecule has 0 saturated carbocycles. The van der Waals surface area contributed by atoms with Crippen molar-refractivity contribution in [2.24, 2.45) is 0 Å². The maximum absolute atomic E-state index is 12.7. The lowest BCUT2D eigenvalue weighted by Gasteiger charge is -2.14. The molecule has 0 aliphatic rings. The summed E-state index contributed by atoms with van der Waals surface area (Å²) in [6.45, 7) is 7.56. The highest BCUT2D eigenvalue weighted by Gasteiger charge is 2.23. The third-order valence-corrected chi connectivity index (χ3v) is 4.73. The Kier molecular flexibility index (Phi) is 5.70. The number of para-hydroxylation sites is 1. The number of allylic oxidation sites excluding steroid dienone is 1. The molecule has 0 aliphatic heterocycles.